The van der Waals surface area contributed by atoms with Gasteiger partial charge in [-0.3, -0.25) is 0 Å². The monoisotopic (exact) mass is 214 g/mol. The van der Waals surface area contributed by atoms with Gasteiger partial charge in [0.15, 0.2) is 0 Å². The van der Waals surface area contributed by atoms with Gasteiger partial charge in [-0.15, -0.1) is 0 Å². The van der Waals surface area contributed by atoms with Crippen LogP contribution in [0.5, 0.6) is 0 Å². The number of ether oxygens (including phenoxy) is 1. The second-order valence-electron chi connectivity index (χ2n) is 4.61. The third kappa shape index (κ3) is 6.16. The smallest absolute Gasteiger partial charge is 0.0841 e. The molecule has 2 heteroatoms. The first kappa shape index (κ1) is 13.0. The Kier molecular flexibility index (Phi) is 7.03. The molecule has 90 valence electrons. The van der Waals surface area contributed by atoms with Crippen LogP contribution in [-0.2, 0) is 4.74 Å². The maximum Gasteiger partial charge on any atom is 0.0841 e. The molecule has 1 fully saturated rings. The molecule has 1 heterocycles. The normalized spacial score (nSPS) is 24.4. The van der Waals surface area contributed by atoms with Crippen molar-refractivity contribution in [2.24, 2.45) is 0 Å². The third-order valence-electron chi connectivity index (χ3n) is 3.24. The molecule has 0 aliphatic carbocycles. The molecular weight excluding hydrogens is 188 g/mol. The molecule has 1 saturated heterocycles. The average molecular weight is 214 g/mol. The number of unbranched alkanes of at least 4 members (excludes halogenated alkanes) is 6. The molecule has 1 aliphatic rings. The molecule has 0 aromatic heterocycles. The van der Waals surface area contributed by atoms with Crippen molar-refractivity contribution in [3.05, 3.63) is 0 Å². The first-order valence-corrected chi connectivity index (χ1v) is 6.64. The highest BCUT2D eigenvalue weighted by Gasteiger charge is 2.35. The van der Waals surface area contributed by atoms with E-state index in [9.17, 15) is 0 Å². The van der Waals surface area contributed by atoms with Crippen LogP contribution in [0.15, 0.2) is 0 Å². The van der Waals surface area contributed by atoms with Crippen molar-refractivity contribution in [3.63, 3.8) is 0 Å². The first-order chi connectivity index (χ1) is 7.38. The zero-order chi connectivity index (χ0) is 10.9. The minimum atomic E-state index is 0.359. The van der Waals surface area contributed by atoms with Crippen LogP contribution in [0.4, 0.5) is 0 Å². The van der Waals surface area contributed by atoms with E-state index >= 15 is 0 Å². The van der Waals surface area contributed by atoms with E-state index in [1.54, 1.807) is 0 Å². The molecule has 1 aliphatic heterocycles. The van der Waals surface area contributed by atoms with Crippen LogP contribution in [0.2, 0.25) is 0 Å². The van der Waals surface area contributed by atoms with E-state index in [-0.39, 0.29) is 0 Å². The van der Waals surface area contributed by atoms with E-state index < -0.39 is 0 Å². The first-order valence-electron chi connectivity index (χ1n) is 6.64. The molecule has 0 amide bonds. The summed E-state index contributed by atoms with van der Waals surface area (Å²) in [5.74, 6) is 0. The number of aliphatic hydroxyl groups excluding tert-OH is 1. The summed E-state index contributed by atoms with van der Waals surface area (Å²) in [5, 5.41) is 8.61. The molecular formula is C13H26O2. The van der Waals surface area contributed by atoms with Crippen LogP contribution < -0.4 is 0 Å². The van der Waals surface area contributed by atoms with Gasteiger partial charge in [0.25, 0.3) is 0 Å². The summed E-state index contributed by atoms with van der Waals surface area (Å²) in [6.45, 7) is 2.56. The Morgan fingerprint density at radius 3 is 2.00 bits per heavy atom. The molecule has 0 aromatic rings. The topological polar surface area (TPSA) is 32.8 Å². The fraction of sp³-hybridized carbons (Fsp3) is 1.00. The molecule has 2 unspecified atom stereocenters. The summed E-state index contributed by atoms with van der Waals surface area (Å²) in [6.07, 6.45) is 12.5. The summed E-state index contributed by atoms with van der Waals surface area (Å²) >= 11 is 0. The molecule has 1 rings (SSSR count). The standard InChI is InChI=1S/C13H26O2/c1-2-12-13(15-12)10-8-6-4-3-5-7-9-11-14/h12-14H,2-11H2,1H3. The number of hydrogen-bond donors (Lipinski definition) is 1. The maximum atomic E-state index is 8.61. The van der Waals surface area contributed by atoms with Gasteiger partial charge in [-0.2, -0.15) is 0 Å². The van der Waals surface area contributed by atoms with Crippen molar-refractivity contribution in [2.45, 2.75) is 76.9 Å². The summed E-state index contributed by atoms with van der Waals surface area (Å²) in [6, 6.07) is 0. The fourth-order valence-corrected chi connectivity index (χ4v) is 2.13. The molecule has 0 spiro atoms. The number of epoxide rings is 1. The SMILES string of the molecule is CCC1OC1CCCCCCCCCO. The molecule has 1 N–H and O–H groups in total. The van der Waals surface area contributed by atoms with Crippen LogP contribution in [0, 0.1) is 0 Å². The third-order valence-corrected chi connectivity index (χ3v) is 3.24. The van der Waals surface area contributed by atoms with Crippen LogP contribution >= 0.6 is 0 Å². The molecule has 0 radical (unpaired) electrons. The highest BCUT2D eigenvalue weighted by atomic mass is 16.6. The lowest BCUT2D eigenvalue weighted by atomic mass is 10.1. The summed E-state index contributed by atoms with van der Waals surface area (Å²) < 4.78 is 5.50. The Morgan fingerprint density at radius 2 is 1.47 bits per heavy atom. The lowest BCUT2D eigenvalue weighted by Gasteiger charge is -2.00. The maximum absolute atomic E-state index is 8.61. The van der Waals surface area contributed by atoms with Crippen LogP contribution in [0.1, 0.15) is 64.7 Å². The van der Waals surface area contributed by atoms with Gasteiger partial charge in [0.05, 0.1) is 12.2 Å². The summed E-state index contributed by atoms with van der Waals surface area (Å²) in [4.78, 5) is 0. The van der Waals surface area contributed by atoms with Crippen molar-refractivity contribution in [1.82, 2.24) is 0 Å². The lowest BCUT2D eigenvalue weighted by molar-refractivity contribution is 0.282. The van der Waals surface area contributed by atoms with E-state index in [2.05, 4.69) is 6.92 Å². The van der Waals surface area contributed by atoms with Crippen LogP contribution in [-0.4, -0.2) is 23.9 Å². The largest absolute Gasteiger partial charge is 0.396 e. The Hall–Kier alpha value is -0.0800. The van der Waals surface area contributed by atoms with E-state index in [1.807, 2.05) is 0 Å². The Bertz CT molecular complexity index is 147. The van der Waals surface area contributed by atoms with Gasteiger partial charge in [-0.05, 0) is 19.3 Å². The van der Waals surface area contributed by atoms with Gasteiger partial charge in [-0.25, -0.2) is 0 Å². The average Bonchev–Trinajstić information content (AvgIpc) is 3.01. The van der Waals surface area contributed by atoms with Crippen molar-refractivity contribution in [1.29, 1.82) is 0 Å². The van der Waals surface area contributed by atoms with Crippen molar-refractivity contribution in [3.8, 4) is 0 Å². The minimum Gasteiger partial charge on any atom is -0.396 e. The Morgan fingerprint density at radius 1 is 0.867 bits per heavy atom. The zero-order valence-corrected chi connectivity index (χ0v) is 10.1. The van der Waals surface area contributed by atoms with Crippen LogP contribution in [0.25, 0.3) is 0 Å². The van der Waals surface area contributed by atoms with Crippen molar-refractivity contribution < 1.29 is 9.84 Å². The second kappa shape index (κ2) is 8.12. The fourth-order valence-electron chi connectivity index (χ4n) is 2.13. The number of rotatable bonds is 10. The molecule has 2 atom stereocenters. The van der Waals surface area contributed by atoms with E-state index in [4.69, 9.17) is 9.84 Å². The number of aliphatic hydroxyl groups is 1. The van der Waals surface area contributed by atoms with E-state index in [1.165, 1.54) is 51.4 Å². The second-order valence-corrected chi connectivity index (χ2v) is 4.61. The number of hydrogen-bond acceptors (Lipinski definition) is 2. The van der Waals surface area contributed by atoms with E-state index in [0.717, 1.165) is 6.42 Å². The molecule has 0 saturated carbocycles. The van der Waals surface area contributed by atoms with Gasteiger partial charge >= 0.3 is 0 Å². The summed E-state index contributed by atoms with van der Waals surface area (Å²) in [5.41, 5.74) is 0. The van der Waals surface area contributed by atoms with Gasteiger partial charge in [0.1, 0.15) is 0 Å². The quantitative estimate of drug-likeness (QED) is 0.447. The Labute approximate surface area is 94.0 Å². The van der Waals surface area contributed by atoms with E-state index in [0.29, 0.717) is 18.8 Å². The minimum absolute atomic E-state index is 0.359. The van der Waals surface area contributed by atoms with Crippen LogP contribution in [0.3, 0.4) is 0 Å². The van der Waals surface area contributed by atoms with Crippen molar-refractivity contribution >= 4 is 0 Å². The highest BCUT2D eigenvalue weighted by molar-refractivity contribution is 4.82. The van der Waals surface area contributed by atoms with Gasteiger partial charge in [-0.1, -0.05) is 45.4 Å². The van der Waals surface area contributed by atoms with Gasteiger partial charge in [0.2, 0.25) is 0 Å². The predicted octanol–water partition coefficient (Wildman–Crippen LogP) is 3.28. The summed E-state index contributed by atoms with van der Waals surface area (Å²) in [7, 11) is 0. The highest BCUT2D eigenvalue weighted by Crippen LogP contribution is 2.29. The molecule has 0 bridgehead atoms. The molecule has 15 heavy (non-hydrogen) atoms. The van der Waals surface area contributed by atoms with Gasteiger partial charge in [0, 0.05) is 6.61 Å². The van der Waals surface area contributed by atoms with Gasteiger partial charge < -0.3 is 9.84 Å². The lowest BCUT2D eigenvalue weighted by Crippen LogP contribution is -1.92. The molecule has 0 aromatic carbocycles. The zero-order valence-electron chi connectivity index (χ0n) is 10.1. The Balaban J connectivity index is 1.71. The van der Waals surface area contributed by atoms with Crippen molar-refractivity contribution in [2.75, 3.05) is 6.61 Å². The molecule has 2 nitrogen and oxygen atoms in total. The predicted molar refractivity (Wildman–Crippen MR) is 63.0 cm³/mol.